The third-order valence-electron chi connectivity index (χ3n) is 8.96. The maximum Gasteiger partial charge on any atom is 0.444 e. The van der Waals surface area contributed by atoms with E-state index in [2.05, 4.69) is 190 Å². The number of nitrogens with zero attached hydrogens (tertiary/aromatic N) is 1. The van der Waals surface area contributed by atoms with Crippen LogP contribution in [0.25, 0.3) is 22.0 Å². The van der Waals surface area contributed by atoms with Crippen LogP contribution in [0.3, 0.4) is 0 Å². The lowest BCUT2D eigenvalue weighted by atomic mass is 9.87. The molecule has 0 amide bonds. The molecule has 44 heavy (non-hydrogen) atoms. The average Bonchev–Trinajstić information content (AvgIpc) is 3.05. The summed E-state index contributed by atoms with van der Waals surface area (Å²) in [6.07, 6.45) is 0. The zero-order valence-electron chi connectivity index (χ0n) is 26.3. The van der Waals surface area contributed by atoms with Gasteiger partial charge in [0.2, 0.25) is 0 Å². The molecule has 1 aliphatic rings. The molecule has 0 unspecified atom stereocenters. The van der Waals surface area contributed by atoms with Crippen molar-refractivity contribution in [3.63, 3.8) is 0 Å². The van der Waals surface area contributed by atoms with E-state index >= 15 is 0 Å². The fraction of sp³-hybridized carbons (Fsp3) is 0.150. The van der Waals surface area contributed by atoms with Crippen LogP contribution >= 0.6 is 0 Å². The molecule has 0 saturated carbocycles. The Bertz CT molecular complexity index is 1760. The van der Waals surface area contributed by atoms with E-state index in [1.54, 1.807) is 0 Å². The lowest BCUT2D eigenvalue weighted by Gasteiger charge is -2.53. The zero-order valence-corrected chi connectivity index (χ0v) is 28.3. The standard InChI is InChI=1S/C40H40NOSi2/c1-40(2,3)44(4,5)41-38(33-25-15-8-16-26-33)36(31-21-11-6-12-22-31)37(32-23-13-7-14-24-32)39(34-27-17-9-18-28-34)43(41)42-35-29-19-10-20-30-35/h6-30H,1-5H3. The van der Waals surface area contributed by atoms with Crippen molar-refractivity contribution < 1.29 is 4.43 Å². The highest BCUT2D eigenvalue weighted by molar-refractivity contribution is 6.93. The molecule has 1 radical (unpaired) electrons. The normalized spacial score (nSPS) is 14.6. The summed E-state index contributed by atoms with van der Waals surface area (Å²) in [6, 6.07) is 54.2. The van der Waals surface area contributed by atoms with Gasteiger partial charge in [-0.2, -0.15) is 0 Å². The fourth-order valence-electron chi connectivity index (χ4n) is 5.76. The Hall–Kier alpha value is -4.39. The van der Waals surface area contributed by atoms with Crippen molar-refractivity contribution in [1.82, 2.24) is 4.23 Å². The fourth-order valence-corrected chi connectivity index (χ4v) is 12.9. The maximum atomic E-state index is 7.37. The number of hydrogen-bond donors (Lipinski definition) is 0. The molecule has 1 heterocycles. The lowest BCUT2D eigenvalue weighted by Crippen LogP contribution is -2.63. The monoisotopic (exact) mass is 606 g/mol. The predicted molar refractivity (Wildman–Crippen MR) is 191 cm³/mol. The van der Waals surface area contributed by atoms with Gasteiger partial charge in [-0.3, -0.25) is 0 Å². The van der Waals surface area contributed by atoms with Crippen LogP contribution in [0.1, 0.15) is 43.0 Å². The van der Waals surface area contributed by atoms with E-state index in [0.717, 1.165) is 5.75 Å². The highest BCUT2D eigenvalue weighted by Crippen LogP contribution is 2.53. The quantitative estimate of drug-likeness (QED) is 0.171. The van der Waals surface area contributed by atoms with Gasteiger partial charge in [-0.15, -0.1) is 0 Å². The van der Waals surface area contributed by atoms with Gasteiger partial charge in [-0.05, 0) is 45.0 Å². The van der Waals surface area contributed by atoms with Crippen LogP contribution in [0.2, 0.25) is 18.1 Å². The molecule has 0 aliphatic carbocycles. The van der Waals surface area contributed by atoms with Crippen LogP contribution in [-0.4, -0.2) is 21.7 Å². The summed E-state index contributed by atoms with van der Waals surface area (Å²) in [5.41, 5.74) is 8.62. The van der Waals surface area contributed by atoms with Gasteiger partial charge in [0.15, 0.2) is 8.24 Å². The van der Waals surface area contributed by atoms with E-state index in [0.29, 0.717) is 0 Å². The first-order valence-corrected chi connectivity index (χ1v) is 19.7. The van der Waals surface area contributed by atoms with E-state index in [9.17, 15) is 0 Å². The van der Waals surface area contributed by atoms with Crippen molar-refractivity contribution in [1.29, 1.82) is 0 Å². The van der Waals surface area contributed by atoms with Crippen LogP contribution in [0, 0.1) is 0 Å². The Labute approximate surface area is 265 Å². The van der Waals surface area contributed by atoms with Gasteiger partial charge in [0, 0.05) is 16.5 Å². The molecular weight excluding hydrogens is 567 g/mol. The molecule has 219 valence electrons. The Balaban J connectivity index is 1.83. The molecule has 6 rings (SSSR count). The SMILES string of the molecule is CC(C)(C)[Si](C)(C)N1C(c2ccccc2)=C(c2ccccc2)C(c2ccccc2)=C(c2ccccc2)[Si]1Oc1ccccc1. The second kappa shape index (κ2) is 12.3. The molecule has 4 heteroatoms. The van der Waals surface area contributed by atoms with Gasteiger partial charge in [-0.25, -0.2) is 0 Å². The summed E-state index contributed by atoms with van der Waals surface area (Å²) in [7, 11) is -4.17. The summed E-state index contributed by atoms with van der Waals surface area (Å²) in [5.74, 6) is 0.904. The van der Waals surface area contributed by atoms with E-state index < -0.39 is 17.4 Å². The Morgan fingerprint density at radius 2 is 0.886 bits per heavy atom. The maximum absolute atomic E-state index is 7.37. The minimum absolute atomic E-state index is 0.0524. The van der Waals surface area contributed by atoms with Crippen molar-refractivity contribution in [3.05, 3.63) is 174 Å². The van der Waals surface area contributed by atoms with Gasteiger partial charge in [0.05, 0.1) is 0 Å². The molecule has 0 N–H and O–H groups in total. The van der Waals surface area contributed by atoms with Gasteiger partial charge in [-0.1, -0.05) is 173 Å². The summed E-state index contributed by atoms with van der Waals surface area (Å²) < 4.78 is 10.2. The molecule has 0 aromatic heterocycles. The van der Waals surface area contributed by atoms with Crippen molar-refractivity contribution in [2.24, 2.45) is 0 Å². The number of rotatable bonds is 7. The van der Waals surface area contributed by atoms with E-state index in [-0.39, 0.29) is 5.04 Å². The first kappa shape index (κ1) is 29.7. The number of para-hydroxylation sites is 1. The van der Waals surface area contributed by atoms with E-state index in [1.165, 1.54) is 44.3 Å². The summed E-state index contributed by atoms with van der Waals surface area (Å²) in [5, 5.41) is 1.34. The van der Waals surface area contributed by atoms with Crippen LogP contribution in [-0.2, 0) is 0 Å². The minimum atomic E-state index is -2.29. The van der Waals surface area contributed by atoms with Crippen molar-refractivity contribution in [2.45, 2.75) is 38.9 Å². The largest absolute Gasteiger partial charge is 0.520 e. The topological polar surface area (TPSA) is 12.5 Å². The molecule has 1 aliphatic heterocycles. The van der Waals surface area contributed by atoms with E-state index in [1.807, 2.05) is 0 Å². The van der Waals surface area contributed by atoms with Gasteiger partial charge in [0.1, 0.15) is 5.75 Å². The molecule has 0 saturated heterocycles. The third-order valence-corrected chi connectivity index (χ3v) is 18.3. The number of allylic oxidation sites excluding steroid dienone is 2. The Morgan fingerprint density at radius 3 is 1.34 bits per heavy atom. The van der Waals surface area contributed by atoms with Gasteiger partial charge < -0.3 is 8.66 Å². The number of hydrogen-bond acceptors (Lipinski definition) is 2. The van der Waals surface area contributed by atoms with Crippen molar-refractivity contribution >= 4 is 39.5 Å². The highest BCUT2D eigenvalue weighted by atomic mass is 28.4. The zero-order chi connectivity index (χ0) is 30.7. The van der Waals surface area contributed by atoms with Crippen LogP contribution in [0.15, 0.2) is 152 Å². The van der Waals surface area contributed by atoms with Gasteiger partial charge in [0.25, 0.3) is 0 Å². The number of benzene rings is 5. The summed E-state index contributed by atoms with van der Waals surface area (Å²) >= 11 is 0. The molecule has 0 atom stereocenters. The van der Waals surface area contributed by atoms with E-state index in [4.69, 9.17) is 4.43 Å². The Kier molecular flexibility index (Phi) is 8.30. The van der Waals surface area contributed by atoms with Crippen molar-refractivity contribution in [3.8, 4) is 5.75 Å². The highest BCUT2D eigenvalue weighted by Gasteiger charge is 2.53. The van der Waals surface area contributed by atoms with Crippen LogP contribution < -0.4 is 4.43 Å². The Morgan fingerprint density at radius 1 is 0.500 bits per heavy atom. The first-order chi connectivity index (χ1) is 21.3. The average molecular weight is 607 g/mol. The third kappa shape index (κ3) is 5.63. The lowest BCUT2D eigenvalue weighted by molar-refractivity contribution is 0.527. The second-order valence-corrected chi connectivity index (χ2v) is 20.1. The molecule has 0 bridgehead atoms. The second-order valence-electron chi connectivity index (χ2n) is 12.8. The van der Waals surface area contributed by atoms with Crippen LogP contribution in [0.5, 0.6) is 5.75 Å². The first-order valence-electron chi connectivity index (χ1n) is 15.4. The molecule has 0 spiro atoms. The molecule has 5 aromatic rings. The summed E-state index contributed by atoms with van der Waals surface area (Å²) in [6.45, 7) is 12.3. The molecule has 5 aromatic carbocycles. The molecule has 0 fully saturated rings. The molecular formula is C40H40NOSi2. The smallest absolute Gasteiger partial charge is 0.444 e. The van der Waals surface area contributed by atoms with Gasteiger partial charge >= 0.3 is 9.20 Å². The predicted octanol–water partition coefficient (Wildman–Crippen LogP) is 10.6. The molecule has 2 nitrogen and oxygen atoms in total. The van der Waals surface area contributed by atoms with Crippen molar-refractivity contribution in [2.75, 3.05) is 0 Å². The summed E-state index contributed by atoms with van der Waals surface area (Å²) in [4.78, 5) is 0. The minimum Gasteiger partial charge on any atom is -0.520 e. The van der Waals surface area contributed by atoms with Crippen LogP contribution in [0.4, 0.5) is 0 Å².